The third-order valence-corrected chi connectivity index (χ3v) is 4.67. The average molecular weight is 390 g/mol. The number of unbranched alkanes of at least 4 members (excludes halogenated alkanes) is 2. The monoisotopic (exact) mass is 390 g/mol. The lowest BCUT2D eigenvalue weighted by Crippen LogP contribution is -2.38. The zero-order chi connectivity index (χ0) is 19.8. The molecule has 0 radical (unpaired) electrons. The molecule has 0 saturated heterocycles. The largest absolute Gasteiger partial charge is 0.329 e. The van der Waals surface area contributed by atoms with Crippen molar-refractivity contribution in [3.05, 3.63) is 51.0 Å². The summed E-state index contributed by atoms with van der Waals surface area (Å²) in [6, 6.07) is 5.40. The van der Waals surface area contributed by atoms with Crippen LogP contribution in [-0.4, -0.2) is 39.7 Å². The topological polar surface area (TPSA) is 105 Å². The van der Waals surface area contributed by atoms with Crippen molar-refractivity contribution in [3.8, 4) is 0 Å². The lowest BCUT2D eigenvalue weighted by atomic mass is 10.1. The number of amides is 2. The molecule has 144 valence electrons. The van der Waals surface area contributed by atoms with Crippen molar-refractivity contribution in [1.82, 2.24) is 9.88 Å². The summed E-state index contributed by atoms with van der Waals surface area (Å²) in [5.74, 6) is -0.650. The van der Waals surface area contributed by atoms with Gasteiger partial charge in [-0.1, -0.05) is 19.8 Å². The number of benzene rings is 1. The van der Waals surface area contributed by atoms with Gasteiger partial charge >= 0.3 is 0 Å². The molecule has 0 aliphatic carbocycles. The summed E-state index contributed by atoms with van der Waals surface area (Å²) < 4.78 is 0. The van der Waals surface area contributed by atoms with E-state index in [1.165, 1.54) is 40.5 Å². The molecule has 8 nitrogen and oxygen atoms in total. The molecule has 0 aliphatic heterocycles. The van der Waals surface area contributed by atoms with E-state index in [0.29, 0.717) is 17.2 Å². The number of nitrogens with zero attached hydrogens (tertiary/aromatic N) is 3. The molecule has 2 aromatic rings. The Hall–Kier alpha value is -2.81. The van der Waals surface area contributed by atoms with Crippen LogP contribution >= 0.6 is 11.3 Å². The summed E-state index contributed by atoms with van der Waals surface area (Å²) in [6.45, 7) is 4.29. The summed E-state index contributed by atoms with van der Waals surface area (Å²) in [5, 5.41) is 14.0. The van der Waals surface area contributed by atoms with E-state index in [1.54, 1.807) is 6.20 Å². The number of nitrogens with one attached hydrogen (secondary N) is 1. The van der Waals surface area contributed by atoms with Crippen molar-refractivity contribution in [2.75, 3.05) is 18.4 Å². The van der Waals surface area contributed by atoms with Crippen molar-refractivity contribution >= 4 is 34.0 Å². The molecule has 0 bridgehead atoms. The maximum Gasteiger partial charge on any atom is 0.269 e. The van der Waals surface area contributed by atoms with Gasteiger partial charge in [-0.25, -0.2) is 4.98 Å². The number of aryl methyl sites for hydroxylation is 1. The van der Waals surface area contributed by atoms with Gasteiger partial charge in [0.05, 0.1) is 4.92 Å². The molecule has 9 heteroatoms. The smallest absolute Gasteiger partial charge is 0.269 e. The van der Waals surface area contributed by atoms with Crippen LogP contribution in [0, 0.1) is 17.0 Å². The number of hydrogen-bond acceptors (Lipinski definition) is 6. The number of hydrogen-bond donors (Lipinski definition) is 1. The number of nitro benzene ring substituents is 1. The minimum atomic E-state index is -0.517. The molecule has 1 aromatic carbocycles. The summed E-state index contributed by atoms with van der Waals surface area (Å²) in [5.41, 5.74) is 0.232. The van der Waals surface area contributed by atoms with Crippen LogP contribution in [0.25, 0.3) is 0 Å². The molecular formula is C18H22N4O4S. The Morgan fingerprint density at radius 3 is 2.52 bits per heavy atom. The first kappa shape index (κ1) is 20.5. The van der Waals surface area contributed by atoms with Gasteiger partial charge in [0, 0.05) is 35.3 Å². The Bertz CT molecular complexity index is 804. The number of rotatable bonds is 9. The van der Waals surface area contributed by atoms with E-state index in [9.17, 15) is 19.7 Å². The molecule has 0 saturated carbocycles. The summed E-state index contributed by atoms with van der Waals surface area (Å²) in [6.07, 6.45) is 4.38. The average Bonchev–Trinajstić information content (AvgIpc) is 3.05. The van der Waals surface area contributed by atoms with Crippen molar-refractivity contribution < 1.29 is 14.5 Å². The second-order valence-corrected chi connectivity index (χ2v) is 7.30. The van der Waals surface area contributed by atoms with Crippen molar-refractivity contribution in [2.24, 2.45) is 0 Å². The Morgan fingerprint density at radius 2 is 1.96 bits per heavy atom. The van der Waals surface area contributed by atoms with Gasteiger partial charge in [-0.2, -0.15) is 0 Å². The fraction of sp³-hybridized carbons (Fsp3) is 0.389. The fourth-order valence-electron chi connectivity index (χ4n) is 2.46. The van der Waals surface area contributed by atoms with Crippen molar-refractivity contribution in [2.45, 2.75) is 33.1 Å². The highest BCUT2D eigenvalue weighted by atomic mass is 32.1. The Labute approximate surface area is 161 Å². The second-order valence-electron chi connectivity index (χ2n) is 6.06. The Balaban J connectivity index is 2.08. The maximum atomic E-state index is 12.8. The Kier molecular flexibility index (Phi) is 7.42. The molecule has 1 aromatic heterocycles. The number of non-ortho nitro benzene ring substituents is 1. The minimum absolute atomic E-state index is 0.0824. The molecule has 2 rings (SSSR count). The van der Waals surface area contributed by atoms with Crippen LogP contribution in [0.5, 0.6) is 0 Å². The highest BCUT2D eigenvalue weighted by molar-refractivity contribution is 7.15. The molecule has 0 unspecified atom stereocenters. The number of aromatic nitrogens is 1. The first-order valence-electron chi connectivity index (χ1n) is 8.66. The van der Waals surface area contributed by atoms with Gasteiger partial charge in [0.25, 0.3) is 11.6 Å². The van der Waals surface area contributed by atoms with Crippen LogP contribution in [0.15, 0.2) is 30.5 Å². The first-order chi connectivity index (χ1) is 12.9. The molecule has 1 N–H and O–H groups in total. The summed E-state index contributed by atoms with van der Waals surface area (Å²) in [4.78, 5) is 41.9. The summed E-state index contributed by atoms with van der Waals surface area (Å²) in [7, 11) is 0. The molecule has 27 heavy (non-hydrogen) atoms. The van der Waals surface area contributed by atoms with Crippen molar-refractivity contribution in [3.63, 3.8) is 0 Å². The van der Waals surface area contributed by atoms with Gasteiger partial charge in [-0.05, 0) is 25.5 Å². The van der Waals surface area contributed by atoms with Gasteiger partial charge in [0.15, 0.2) is 5.13 Å². The van der Waals surface area contributed by atoms with Crippen LogP contribution in [0.1, 0.15) is 41.4 Å². The van der Waals surface area contributed by atoms with Crippen LogP contribution in [0.2, 0.25) is 0 Å². The molecule has 0 aliphatic rings. The van der Waals surface area contributed by atoms with E-state index in [0.717, 1.165) is 24.1 Å². The van der Waals surface area contributed by atoms with Crippen LogP contribution in [0.4, 0.5) is 10.8 Å². The molecule has 1 heterocycles. The molecule has 2 amide bonds. The normalized spacial score (nSPS) is 10.4. The van der Waals surface area contributed by atoms with E-state index in [2.05, 4.69) is 17.2 Å². The standard InChI is InChI=1S/C18H22N4O4S/c1-3-4-5-10-21(12-16(23)20-18-19-11-13(2)27-18)17(24)14-6-8-15(9-7-14)22(25)26/h6-9,11H,3-5,10,12H2,1-2H3,(H,19,20,23). The first-order valence-corrected chi connectivity index (χ1v) is 9.48. The number of thiazole rings is 1. The van der Waals surface area contributed by atoms with Crippen LogP contribution < -0.4 is 5.32 Å². The lowest BCUT2D eigenvalue weighted by Gasteiger charge is -2.22. The van der Waals surface area contributed by atoms with Crippen LogP contribution in [-0.2, 0) is 4.79 Å². The van der Waals surface area contributed by atoms with Gasteiger partial charge in [-0.15, -0.1) is 11.3 Å². The number of anilines is 1. The third kappa shape index (κ3) is 6.14. The van der Waals surface area contributed by atoms with E-state index in [-0.39, 0.29) is 24.0 Å². The van der Waals surface area contributed by atoms with E-state index in [4.69, 9.17) is 0 Å². The zero-order valence-corrected chi connectivity index (χ0v) is 16.1. The number of nitro groups is 1. The van der Waals surface area contributed by atoms with Crippen LogP contribution in [0.3, 0.4) is 0 Å². The SMILES string of the molecule is CCCCCN(CC(=O)Nc1ncc(C)s1)C(=O)c1ccc([N+](=O)[O-])cc1. The van der Waals surface area contributed by atoms with Crippen molar-refractivity contribution in [1.29, 1.82) is 0 Å². The zero-order valence-electron chi connectivity index (χ0n) is 15.3. The van der Waals surface area contributed by atoms with Gasteiger partial charge < -0.3 is 10.2 Å². The predicted octanol–water partition coefficient (Wildman–Crippen LogP) is 3.63. The van der Waals surface area contributed by atoms with Gasteiger partial charge in [0.1, 0.15) is 6.54 Å². The minimum Gasteiger partial charge on any atom is -0.329 e. The molecule has 0 atom stereocenters. The summed E-state index contributed by atoms with van der Waals surface area (Å²) >= 11 is 1.36. The van der Waals surface area contributed by atoms with E-state index >= 15 is 0 Å². The molecular weight excluding hydrogens is 368 g/mol. The Morgan fingerprint density at radius 1 is 1.26 bits per heavy atom. The van der Waals surface area contributed by atoms with E-state index in [1.807, 2.05) is 6.92 Å². The third-order valence-electron chi connectivity index (χ3n) is 3.85. The quantitative estimate of drug-likeness (QED) is 0.400. The molecule has 0 spiro atoms. The fourth-order valence-corrected chi connectivity index (χ4v) is 3.14. The highest BCUT2D eigenvalue weighted by Crippen LogP contribution is 2.17. The number of carbonyl (C=O) groups is 2. The predicted molar refractivity (Wildman–Crippen MR) is 104 cm³/mol. The van der Waals surface area contributed by atoms with Gasteiger partial charge in [-0.3, -0.25) is 19.7 Å². The van der Waals surface area contributed by atoms with Gasteiger partial charge in [0.2, 0.25) is 5.91 Å². The second kappa shape index (κ2) is 9.77. The number of carbonyl (C=O) groups excluding carboxylic acids is 2. The van der Waals surface area contributed by atoms with E-state index < -0.39 is 4.92 Å². The maximum absolute atomic E-state index is 12.8. The lowest BCUT2D eigenvalue weighted by molar-refractivity contribution is -0.384. The highest BCUT2D eigenvalue weighted by Gasteiger charge is 2.20. The molecule has 0 fully saturated rings.